The van der Waals surface area contributed by atoms with Gasteiger partial charge in [0.25, 0.3) is 0 Å². The molecule has 198 valence electrons. The van der Waals surface area contributed by atoms with E-state index in [1.54, 1.807) is 24.3 Å². The molecule has 4 aromatic rings. The molecule has 1 heterocycles. The number of alkyl halides is 6. The van der Waals surface area contributed by atoms with E-state index in [-0.39, 0.29) is 30.3 Å². The Morgan fingerprint density at radius 3 is 1.87 bits per heavy atom. The molecule has 38 heavy (non-hydrogen) atoms. The fourth-order valence-corrected chi connectivity index (χ4v) is 3.66. The van der Waals surface area contributed by atoms with E-state index in [9.17, 15) is 35.9 Å². The third kappa shape index (κ3) is 6.13. The quantitative estimate of drug-likeness (QED) is 0.328. The van der Waals surface area contributed by atoms with Gasteiger partial charge >= 0.3 is 23.7 Å². The van der Waals surface area contributed by atoms with Gasteiger partial charge in [-0.1, -0.05) is 48.0 Å². The fourth-order valence-electron chi connectivity index (χ4n) is 3.66. The summed E-state index contributed by atoms with van der Waals surface area (Å²) < 4.78 is 80.2. The monoisotopic (exact) mass is 534 g/mol. The van der Waals surface area contributed by atoms with Crippen LogP contribution in [0, 0.1) is 6.92 Å². The van der Waals surface area contributed by atoms with Gasteiger partial charge in [-0.05, 0) is 48.4 Å². The van der Waals surface area contributed by atoms with Crippen molar-refractivity contribution in [2.45, 2.75) is 32.4 Å². The van der Waals surface area contributed by atoms with Gasteiger partial charge in [0.2, 0.25) is 5.95 Å². The molecule has 0 aliphatic carbocycles. The van der Waals surface area contributed by atoms with E-state index in [0.29, 0.717) is 5.56 Å². The molecule has 12 heteroatoms. The molecule has 6 nitrogen and oxygen atoms in total. The van der Waals surface area contributed by atoms with E-state index in [2.05, 4.69) is 10.3 Å². The summed E-state index contributed by atoms with van der Waals surface area (Å²) in [4.78, 5) is 30.1. The molecule has 0 aliphatic rings. The maximum atomic E-state index is 13.4. The van der Waals surface area contributed by atoms with Crippen molar-refractivity contribution >= 4 is 11.6 Å². The van der Waals surface area contributed by atoms with E-state index >= 15 is 0 Å². The molecule has 0 atom stereocenters. The van der Waals surface area contributed by atoms with Gasteiger partial charge in [-0.2, -0.15) is 31.3 Å². The van der Waals surface area contributed by atoms with E-state index in [1.165, 1.54) is 18.2 Å². The zero-order valence-corrected chi connectivity index (χ0v) is 19.8. The molecule has 0 saturated carbocycles. The van der Waals surface area contributed by atoms with E-state index in [4.69, 9.17) is 0 Å². The highest BCUT2D eigenvalue weighted by molar-refractivity contribution is 5.55. The van der Waals surface area contributed by atoms with Crippen molar-refractivity contribution in [1.82, 2.24) is 14.1 Å². The summed E-state index contributed by atoms with van der Waals surface area (Å²) in [7, 11) is 0. The first-order valence-corrected chi connectivity index (χ1v) is 11.2. The van der Waals surface area contributed by atoms with Gasteiger partial charge in [-0.3, -0.25) is 4.57 Å². The first-order valence-electron chi connectivity index (χ1n) is 11.2. The number of rotatable bonds is 6. The Morgan fingerprint density at radius 1 is 0.737 bits per heavy atom. The van der Waals surface area contributed by atoms with Gasteiger partial charge in [0.1, 0.15) is 0 Å². The molecule has 0 radical (unpaired) electrons. The Balaban J connectivity index is 1.78. The first-order chi connectivity index (χ1) is 17.8. The second-order valence-corrected chi connectivity index (χ2v) is 8.56. The highest BCUT2D eigenvalue weighted by Crippen LogP contribution is 2.31. The van der Waals surface area contributed by atoms with Crippen LogP contribution in [0.1, 0.15) is 27.8 Å². The number of halogens is 6. The van der Waals surface area contributed by atoms with Crippen LogP contribution in [0.3, 0.4) is 0 Å². The average Bonchev–Trinajstić information content (AvgIpc) is 2.85. The second-order valence-electron chi connectivity index (χ2n) is 8.56. The molecule has 0 saturated heterocycles. The Bertz CT molecular complexity index is 1550. The maximum absolute atomic E-state index is 13.4. The first kappa shape index (κ1) is 26.7. The summed E-state index contributed by atoms with van der Waals surface area (Å²) in [6.07, 6.45) is -9.20. The molecule has 4 rings (SSSR count). The number of benzene rings is 3. The molecular formula is C26H20F6N4O2. The lowest BCUT2D eigenvalue weighted by Crippen LogP contribution is -2.43. The summed E-state index contributed by atoms with van der Waals surface area (Å²) in [5.41, 5.74) is -1.90. The molecular weight excluding hydrogens is 514 g/mol. The van der Waals surface area contributed by atoms with Crippen LogP contribution in [0.2, 0.25) is 0 Å². The van der Waals surface area contributed by atoms with E-state index in [1.807, 2.05) is 6.92 Å². The third-order valence-corrected chi connectivity index (χ3v) is 5.68. The van der Waals surface area contributed by atoms with E-state index in [0.717, 1.165) is 45.0 Å². The van der Waals surface area contributed by atoms with Crippen molar-refractivity contribution < 1.29 is 26.3 Å². The van der Waals surface area contributed by atoms with E-state index < -0.39 is 34.9 Å². The van der Waals surface area contributed by atoms with Crippen molar-refractivity contribution in [1.29, 1.82) is 0 Å². The smallest absolute Gasteiger partial charge is 0.325 e. The summed E-state index contributed by atoms with van der Waals surface area (Å²) >= 11 is 0. The van der Waals surface area contributed by atoms with Crippen LogP contribution in [0.4, 0.5) is 38.0 Å². The zero-order valence-electron chi connectivity index (χ0n) is 19.8. The van der Waals surface area contributed by atoms with Gasteiger partial charge in [-0.25, -0.2) is 14.2 Å². The minimum absolute atomic E-state index is 0.0939. The molecule has 0 fully saturated rings. The number of nitrogens with one attached hydrogen (secondary N) is 1. The molecule has 3 aromatic carbocycles. The van der Waals surface area contributed by atoms with Gasteiger partial charge in [-0.15, -0.1) is 0 Å². The van der Waals surface area contributed by atoms with Gasteiger partial charge in [0, 0.05) is 5.69 Å². The number of aryl methyl sites for hydroxylation is 1. The Morgan fingerprint density at radius 2 is 1.29 bits per heavy atom. The second kappa shape index (κ2) is 10.2. The van der Waals surface area contributed by atoms with Crippen molar-refractivity contribution in [2.75, 3.05) is 5.32 Å². The highest BCUT2D eigenvalue weighted by Gasteiger charge is 2.31. The number of nitrogens with zero attached hydrogens (tertiary/aromatic N) is 3. The van der Waals surface area contributed by atoms with Gasteiger partial charge < -0.3 is 5.32 Å². The third-order valence-electron chi connectivity index (χ3n) is 5.68. The van der Waals surface area contributed by atoms with Crippen LogP contribution in [-0.2, 0) is 25.4 Å². The van der Waals surface area contributed by atoms with Crippen molar-refractivity contribution in [3.63, 3.8) is 0 Å². The summed E-state index contributed by atoms with van der Waals surface area (Å²) in [6, 6.07) is 15.1. The van der Waals surface area contributed by atoms with Crippen LogP contribution < -0.4 is 16.7 Å². The van der Waals surface area contributed by atoms with Crippen molar-refractivity contribution in [3.8, 4) is 0 Å². The summed E-state index contributed by atoms with van der Waals surface area (Å²) in [5.74, 6) is -0.362. The minimum atomic E-state index is -4.64. The molecule has 0 bridgehead atoms. The zero-order chi connectivity index (χ0) is 27.7. The molecule has 0 spiro atoms. The summed E-state index contributed by atoms with van der Waals surface area (Å²) in [6.45, 7) is 1.42. The Labute approximate surface area is 211 Å². The van der Waals surface area contributed by atoms with Gasteiger partial charge in [0.15, 0.2) is 0 Å². The Kier molecular flexibility index (Phi) is 7.16. The van der Waals surface area contributed by atoms with Crippen LogP contribution in [-0.4, -0.2) is 14.1 Å². The average molecular weight is 534 g/mol. The topological polar surface area (TPSA) is 68.9 Å². The molecule has 0 aliphatic heterocycles. The standard InChI is InChI=1S/C26H20F6N4O2/c1-16-5-7-17(8-6-16)15-36-23(37)34-22(33-21-4-2-3-20(13-21)26(30,31)32)35(24(36)38)14-18-9-11-19(12-10-18)25(27,28)29/h2-13H,14-15H2,1H3,(H,33,34,37). The Hall–Kier alpha value is -4.35. The largest absolute Gasteiger partial charge is 0.416 e. The molecule has 0 amide bonds. The van der Waals surface area contributed by atoms with Crippen LogP contribution >= 0.6 is 0 Å². The maximum Gasteiger partial charge on any atom is 0.416 e. The lowest BCUT2D eigenvalue weighted by molar-refractivity contribution is -0.138. The highest BCUT2D eigenvalue weighted by atomic mass is 19.4. The predicted molar refractivity (Wildman–Crippen MR) is 128 cm³/mol. The molecule has 1 N–H and O–H groups in total. The predicted octanol–water partition coefficient (Wildman–Crippen LogP) is 5.59. The number of hydrogen-bond donors (Lipinski definition) is 1. The normalized spacial score (nSPS) is 12.0. The van der Waals surface area contributed by atoms with Gasteiger partial charge in [0.05, 0.1) is 24.2 Å². The van der Waals surface area contributed by atoms with Crippen LogP contribution in [0.25, 0.3) is 0 Å². The number of aromatic nitrogens is 3. The molecule has 0 unspecified atom stereocenters. The van der Waals surface area contributed by atoms with Crippen LogP contribution in [0.5, 0.6) is 0 Å². The molecule has 1 aromatic heterocycles. The lowest BCUT2D eigenvalue weighted by atomic mass is 10.1. The number of anilines is 2. The summed E-state index contributed by atoms with van der Waals surface area (Å²) in [5, 5.41) is 2.58. The van der Waals surface area contributed by atoms with Crippen molar-refractivity contribution in [3.05, 3.63) is 122 Å². The SMILES string of the molecule is Cc1ccc(Cn2c(=O)nc(Nc3cccc(C(F)(F)F)c3)n(Cc3ccc(C(F)(F)F)cc3)c2=O)cc1. The van der Waals surface area contributed by atoms with Crippen molar-refractivity contribution in [2.24, 2.45) is 0 Å². The fraction of sp³-hybridized carbons (Fsp3) is 0.192. The minimum Gasteiger partial charge on any atom is -0.325 e. The van der Waals surface area contributed by atoms with Crippen LogP contribution in [0.15, 0.2) is 82.4 Å². The number of hydrogen-bond acceptors (Lipinski definition) is 4. The lowest BCUT2D eigenvalue weighted by Gasteiger charge is -2.17.